The molecule has 0 saturated carbocycles. The summed E-state index contributed by atoms with van der Waals surface area (Å²) in [6.45, 7) is 4.55. The highest BCUT2D eigenvalue weighted by atomic mass is 79.9. The van der Waals surface area contributed by atoms with Crippen molar-refractivity contribution in [2.24, 2.45) is 11.1 Å². The first-order valence-corrected chi connectivity index (χ1v) is 7.96. The lowest BCUT2D eigenvalue weighted by Crippen LogP contribution is -2.30. The molecule has 0 aliphatic heterocycles. The van der Waals surface area contributed by atoms with Crippen LogP contribution in [0.1, 0.15) is 37.6 Å². The van der Waals surface area contributed by atoms with Gasteiger partial charge in [0.1, 0.15) is 0 Å². The van der Waals surface area contributed by atoms with E-state index in [4.69, 9.17) is 17.3 Å². The number of nitrogens with two attached hydrogens (primary N) is 1. The molecule has 1 atom stereocenters. The van der Waals surface area contributed by atoms with Gasteiger partial charge in [-0.15, -0.1) is 0 Å². The van der Waals surface area contributed by atoms with Crippen LogP contribution in [0.25, 0.3) is 5.69 Å². The van der Waals surface area contributed by atoms with Crippen molar-refractivity contribution in [2.45, 2.75) is 32.7 Å². The summed E-state index contributed by atoms with van der Waals surface area (Å²) in [6.07, 6.45) is 4.13. The van der Waals surface area contributed by atoms with E-state index in [2.05, 4.69) is 46.6 Å². The molecule has 0 amide bonds. The molecule has 1 heterocycles. The minimum atomic E-state index is 0.115. The van der Waals surface area contributed by atoms with Crippen LogP contribution in [-0.4, -0.2) is 4.57 Å². The van der Waals surface area contributed by atoms with E-state index in [-0.39, 0.29) is 11.5 Å². The molecule has 1 aromatic carbocycles. The van der Waals surface area contributed by atoms with Crippen LogP contribution in [-0.2, 0) is 6.42 Å². The number of fused-ring (bicyclic) bond motifs is 1. The standard InChI is InChI=1S/C16H18BrClN2/c1-16(2)8-13(19)11-5-6-20(15(11)9-16)14-4-3-10(17)7-12(14)18/h3-7,13H,8-9,19H2,1-2H3. The molecule has 2 aromatic rings. The van der Waals surface area contributed by atoms with Crippen LogP contribution in [0.4, 0.5) is 0 Å². The van der Waals surface area contributed by atoms with Gasteiger partial charge in [0.05, 0.1) is 10.7 Å². The van der Waals surface area contributed by atoms with Gasteiger partial charge in [-0.05, 0) is 48.1 Å². The van der Waals surface area contributed by atoms with Gasteiger partial charge in [-0.25, -0.2) is 0 Å². The normalized spacial score (nSPS) is 20.8. The maximum absolute atomic E-state index is 6.39. The number of halogens is 2. The molecule has 0 spiro atoms. The van der Waals surface area contributed by atoms with E-state index >= 15 is 0 Å². The summed E-state index contributed by atoms with van der Waals surface area (Å²) < 4.78 is 3.18. The first kappa shape index (κ1) is 14.2. The average molecular weight is 354 g/mol. The van der Waals surface area contributed by atoms with Crippen molar-refractivity contribution in [3.63, 3.8) is 0 Å². The number of aromatic nitrogens is 1. The van der Waals surface area contributed by atoms with E-state index in [1.54, 1.807) is 0 Å². The predicted octanol–water partition coefficient (Wildman–Crippen LogP) is 4.87. The summed E-state index contributed by atoms with van der Waals surface area (Å²) in [5.41, 5.74) is 10.1. The van der Waals surface area contributed by atoms with Crippen LogP contribution >= 0.6 is 27.5 Å². The lowest BCUT2D eigenvalue weighted by atomic mass is 9.74. The zero-order chi connectivity index (χ0) is 14.5. The molecule has 106 valence electrons. The molecule has 0 bridgehead atoms. The second-order valence-corrected chi connectivity index (χ2v) is 7.66. The molecule has 1 aliphatic carbocycles. The summed E-state index contributed by atoms with van der Waals surface area (Å²) in [4.78, 5) is 0. The zero-order valence-electron chi connectivity index (χ0n) is 11.7. The van der Waals surface area contributed by atoms with Gasteiger partial charge >= 0.3 is 0 Å². The van der Waals surface area contributed by atoms with E-state index in [0.29, 0.717) is 0 Å². The van der Waals surface area contributed by atoms with Crippen LogP contribution < -0.4 is 5.73 Å². The smallest absolute Gasteiger partial charge is 0.0657 e. The van der Waals surface area contributed by atoms with Gasteiger partial charge in [0.2, 0.25) is 0 Å². The molecule has 0 fully saturated rings. The van der Waals surface area contributed by atoms with Crippen molar-refractivity contribution in [1.29, 1.82) is 0 Å². The second kappa shape index (κ2) is 4.90. The fraction of sp³-hybridized carbons (Fsp3) is 0.375. The van der Waals surface area contributed by atoms with E-state index < -0.39 is 0 Å². The molecule has 1 aromatic heterocycles. The first-order valence-electron chi connectivity index (χ1n) is 6.78. The van der Waals surface area contributed by atoms with Crippen molar-refractivity contribution < 1.29 is 0 Å². The molecule has 2 N–H and O–H groups in total. The van der Waals surface area contributed by atoms with Gasteiger partial charge in [-0.1, -0.05) is 41.4 Å². The van der Waals surface area contributed by atoms with Crippen LogP contribution in [0.2, 0.25) is 5.02 Å². The first-order chi connectivity index (χ1) is 9.37. The second-order valence-electron chi connectivity index (χ2n) is 6.34. The SMILES string of the molecule is CC1(C)Cc2c(ccn2-c2ccc(Br)cc2Cl)C(N)C1. The largest absolute Gasteiger partial charge is 0.324 e. The Bertz CT molecular complexity index is 660. The van der Waals surface area contributed by atoms with Gasteiger partial charge in [0.15, 0.2) is 0 Å². The van der Waals surface area contributed by atoms with Crippen molar-refractivity contribution in [2.75, 3.05) is 0 Å². The Balaban J connectivity index is 2.13. The quantitative estimate of drug-likeness (QED) is 0.779. The minimum absolute atomic E-state index is 0.115. The Hall–Kier alpha value is -0.770. The maximum atomic E-state index is 6.39. The van der Waals surface area contributed by atoms with Gasteiger partial charge in [0, 0.05) is 22.4 Å². The van der Waals surface area contributed by atoms with Crippen molar-refractivity contribution in [1.82, 2.24) is 4.57 Å². The molecular weight excluding hydrogens is 336 g/mol. The summed E-state index contributed by atoms with van der Waals surface area (Å²) >= 11 is 9.84. The molecule has 20 heavy (non-hydrogen) atoms. The Morgan fingerprint density at radius 2 is 2.10 bits per heavy atom. The highest BCUT2D eigenvalue weighted by Crippen LogP contribution is 2.41. The lowest BCUT2D eigenvalue weighted by Gasteiger charge is -2.34. The molecule has 2 nitrogen and oxygen atoms in total. The zero-order valence-corrected chi connectivity index (χ0v) is 14.0. The average Bonchev–Trinajstić information content (AvgIpc) is 2.71. The van der Waals surface area contributed by atoms with Gasteiger partial charge < -0.3 is 10.3 Å². The summed E-state index contributed by atoms with van der Waals surface area (Å²) in [6, 6.07) is 8.23. The lowest BCUT2D eigenvalue weighted by molar-refractivity contribution is 0.278. The van der Waals surface area contributed by atoms with E-state index in [9.17, 15) is 0 Å². The van der Waals surface area contributed by atoms with Crippen molar-refractivity contribution >= 4 is 27.5 Å². The Morgan fingerprint density at radius 1 is 1.35 bits per heavy atom. The summed E-state index contributed by atoms with van der Waals surface area (Å²) in [5, 5.41) is 0.745. The molecule has 4 heteroatoms. The third kappa shape index (κ3) is 2.43. The summed E-state index contributed by atoms with van der Waals surface area (Å²) in [5.74, 6) is 0. The topological polar surface area (TPSA) is 30.9 Å². The van der Waals surface area contributed by atoms with Gasteiger partial charge in [0.25, 0.3) is 0 Å². The number of benzene rings is 1. The number of hydrogen-bond acceptors (Lipinski definition) is 1. The van der Waals surface area contributed by atoms with E-state index in [1.165, 1.54) is 11.3 Å². The molecule has 1 unspecified atom stereocenters. The number of nitrogens with zero attached hydrogens (tertiary/aromatic N) is 1. The number of rotatable bonds is 1. The summed E-state index contributed by atoms with van der Waals surface area (Å²) in [7, 11) is 0. The molecule has 0 radical (unpaired) electrons. The Morgan fingerprint density at radius 3 is 2.80 bits per heavy atom. The maximum Gasteiger partial charge on any atom is 0.0657 e. The van der Waals surface area contributed by atoms with Crippen molar-refractivity contribution in [3.8, 4) is 5.69 Å². The van der Waals surface area contributed by atoms with Crippen LogP contribution in [0, 0.1) is 5.41 Å². The van der Waals surface area contributed by atoms with Crippen LogP contribution in [0.5, 0.6) is 0 Å². The van der Waals surface area contributed by atoms with E-state index in [1.807, 2.05) is 18.2 Å². The Labute approximate surface area is 133 Å². The minimum Gasteiger partial charge on any atom is -0.324 e. The van der Waals surface area contributed by atoms with Crippen LogP contribution in [0.3, 0.4) is 0 Å². The highest BCUT2D eigenvalue weighted by Gasteiger charge is 2.32. The molecule has 1 aliphatic rings. The van der Waals surface area contributed by atoms with Gasteiger partial charge in [-0.2, -0.15) is 0 Å². The van der Waals surface area contributed by atoms with E-state index in [0.717, 1.165) is 28.0 Å². The highest BCUT2D eigenvalue weighted by molar-refractivity contribution is 9.10. The fourth-order valence-corrected chi connectivity index (χ4v) is 3.90. The molecule has 3 rings (SSSR count). The predicted molar refractivity (Wildman–Crippen MR) is 87.5 cm³/mol. The third-order valence-corrected chi connectivity index (χ3v) is 4.81. The fourth-order valence-electron chi connectivity index (χ4n) is 3.14. The number of hydrogen-bond donors (Lipinski definition) is 1. The molecular formula is C16H18BrClN2. The monoisotopic (exact) mass is 352 g/mol. The Kier molecular flexibility index (Phi) is 3.47. The van der Waals surface area contributed by atoms with Crippen molar-refractivity contribution in [3.05, 3.63) is 51.2 Å². The molecule has 0 saturated heterocycles. The third-order valence-electron chi connectivity index (χ3n) is 4.01. The van der Waals surface area contributed by atoms with Gasteiger partial charge in [-0.3, -0.25) is 0 Å². The van der Waals surface area contributed by atoms with Crippen LogP contribution in [0.15, 0.2) is 34.9 Å².